The summed E-state index contributed by atoms with van der Waals surface area (Å²) in [6.45, 7) is 2.47. The van der Waals surface area contributed by atoms with Crippen LogP contribution in [0.15, 0.2) is 24.3 Å². The van der Waals surface area contributed by atoms with E-state index in [1.165, 1.54) is 11.3 Å². The predicted molar refractivity (Wildman–Crippen MR) is 78.2 cm³/mol. The molecular weight excluding hydrogens is 238 g/mol. The van der Waals surface area contributed by atoms with Crippen molar-refractivity contribution >= 4 is 11.6 Å². The molecule has 19 heavy (non-hydrogen) atoms. The Morgan fingerprint density at radius 2 is 1.95 bits per heavy atom. The first-order valence-corrected chi connectivity index (χ1v) is 6.80. The first-order valence-electron chi connectivity index (χ1n) is 6.80. The Balaban J connectivity index is 1.94. The third kappa shape index (κ3) is 3.47. The molecule has 1 saturated heterocycles. The van der Waals surface area contributed by atoms with Gasteiger partial charge in [-0.3, -0.25) is 4.79 Å². The molecule has 1 heterocycles. The van der Waals surface area contributed by atoms with Gasteiger partial charge in [-0.15, -0.1) is 0 Å². The van der Waals surface area contributed by atoms with Crippen molar-refractivity contribution in [2.24, 2.45) is 5.92 Å². The van der Waals surface area contributed by atoms with E-state index in [-0.39, 0.29) is 11.8 Å². The van der Waals surface area contributed by atoms with Crippen LogP contribution in [-0.4, -0.2) is 45.0 Å². The Morgan fingerprint density at radius 1 is 1.26 bits per heavy atom. The Kier molecular flexibility index (Phi) is 4.43. The van der Waals surface area contributed by atoms with Gasteiger partial charge in [0.1, 0.15) is 0 Å². The van der Waals surface area contributed by atoms with Crippen molar-refractivity contribution in [1.82, 2.24) is 10.2 Å². The van der Waals surface area contributed by atoms with Gasteiger partial charge in [0.15, 0.2) is 0 Å². The molecule has 1 amide bonds. The summed E-state index contributed by atoms with van der Waals surface area (Å²) in [5.74, 6) is 0.410. The van der Waals surface area contributed by atoms with Crippen LogP contribution in [-0.2, 0) is 11.3 Å². The number of amides is 1. The molecule has 1 atom stereocenters. The van der Waals surface area contributed by atoms with Gasteiger partial charge in [-0.1, -0.05) is 12.1 Å². The number of nitrogens with zero attached hydrogens (tertiary/aromatic N) is 2. The Hall–Kier alpha value is -1.55. The molecule has 104 valence electrons. The Labute approximate surface area is 115 Å². The number of nitrogens with one attached hydrogen (secondary N) is 1. The van der Waals surface area contributed by atoms with E-state index in [1.54, 1.807) is 0 Å². The van der Waals surface area contributed by atoms with E-state index in [0.717, 1.165) is 19.5 Å². The van der Waals surface area contributed by atoms with E-state index in [1.807, 2.05) is 26.0 Å². The van der Waals surface area contributed by atoms with E-state index in [2.05, 4.69) is 34.5 Å². The van der Waals surface area contributed by atoms with Gasteiger partial charge in [0.2, 0.25) is 5.91 Å². The molecule has 1 aromatic carbocycles. The summed E-state index contributed by atoms with van der Waals surface area (Å²) in [6, 6.07) is 8.35. The summed E-state index contributed by atoms with van der Waals surface area (Å²) in [5.41, 5.74) is 2.35. The molecule has 0 saturated carbocycles. The topological polar surface area (TPSA) is 35.6 Å². The molecule has 0 aliphatic carbocycles. The van der Waals surface area contributed by atoms with Crippen LogP contribution in [0.3, 0.4) is 0 Å². The van der Waals surface area contributed by atoms with Crippen LogP contribution in [0.4, 0.5) is 5.69 Å². The highest BCUT2D eigenvalue weighted by molar-refractivity contribution is 5.79. The van der Waals surface area contributed by atoms with Gasteiger partial charge in [0.05, 0.1) is 5.92 Å². The number of carbonyl (C=O) groups excluding carboxylic acids is 1. The molecular formula is C15H23N3O. The molecule has 0 spiro atoms. The number of carbonyl (C=O) groups is 1. The van der Waals surface area contributed by atoms with Crippen LogP contribution < -0.4 is 10.2 Å². The van der Waals surface area contributed by atoms with Gasteiger partial charge in [-0.2, -0.15) is 0 Å². The van der Waals surface area contributed by atoms with Crippen LogP contribution in [0.1, 0.15) is 12.0 Å². The lowest BCUT2D eigenvalue weighted by molar-refractivity contribution is -0.134. The molecule has 0 aromatic heterocycles. The summed E-state index contributed by atoms with van der Waals surface area (Å²) in [7, 11) is 5.94. The number of benzene rings is 1. The maximum atomic E-state index is 12.2. The Bertz CT molecular complexity index is 422. The molecule has 1 aromatic rings. The SMILES string of the molecule is CN(Cc1ccc(N(C)C)cc1)C(=O)C1CCNC1. The van der Waals surface area contributed by atoms with Crippen molar-refractivity contribution in [2.45, 2.75) is 13.0 Å². The number of rotatable bonds is 4. The summed E-state index contributed by atoms with van der Waals surface area (Å²) in [4.78, 5) is 16.1. The van der Waals surface area contributed by atoms with E-state index in [4.69, 9.17) is 0 Å². The summed E-state index contributed by atoms with van der Waals surface area (Å²) >= 11 is 0. The van der Waals surface area contributed by atoms with Crippen LogP contribution in [0.2, 0.25) is 0 Å². The van der Waals surface area contributed by atoms with Gasteiger partial charge >= 0.3 is 0 Å². The fourth-order valence-electron chi connectivity index (χ4n) is 2.43. The smallest absolute Gasteiger partial charge is 0.227 e. The molecule has 1 aliphatic heterocycles. The van der Waals surface area contributed by atoms with Gasteiger partial charge in [0, 0.05) is 39.9 Å². The van der Waals surface area contributed by atoms with Crippen LogP contribution in [0.25, 0.3) is 0 Å². The minimum Gasteiger partial charge on any atom is -0.378 e. The van der Waals surface area contributed by atoms with Gasteiger partial charge in [-0.25, -0.2) is 0 Å². The van der Waals surface area contributed by atoms with Gasteiger partial charge < -0.3 is 15.1 Å². The molecule has 4 heteroatoms. The van der Waals surface area contributed by atoms with Crippen molar-refractivity contribution in [1.29, 1.82) is 0 Å². The molecule has 4 nitrogen and oxygen atoms in total. The van der Waals surface area contributed by atoms with E-state index < -0.39 is 0 Å². The summed E-state index contributed by atoms with van der Waals surface area (Å²) in [6.07, 6.45) is 0.961. The summed E-state index contributed by atoms with van der Waals surface area (Å²) in [5, 5.41) is 3.24. The minimum atomic E-state index is 0.158. The lowest BCUT2D eigenvalue weighted by Gasteiger charge is -2.21. The lowest BCUT2D eigenvalue weighted by atomic mass is 10.1. The highest BCUT2D eigenvalue weighted by Crippen LogP contribution is 2.16. The molecule has 0 radical (unpaired) electrons. The zero-order chi connectivity index (χ0) is 13.8. The first-order chi connectivity index (χ1) is 9.08. The number of hydrogen-bond acceptors (Lipinski definition) is 3. The number of hydrogen-bond donors (Lipinski definition) is 1. The van der Waals surface area contributed by atoms with Gasteiger partial charge in [0.25, 0.3) is 0 Å². The average Bonchev–Trinajstić information content (AvgIpc) is 2.92. The molecule has 1 N–H and O–H groups in total. The second kappa shape index (κ2) is 6.06. The van der Waals surface area contributed by atoms with E-state index in [0.29, 0.717) is 6.54 Å². The molecule has 1 unspecified atom stereocenters. The number of anilines is 1. The predicted octanol–water partition coefficient (Wildman–Crippen LogP) is 1.32. The first kappa shape index (κ1) is 13.9. The van der Waals surface area contributed by atoms with Crippen LogP contribution in [0, 0.1) is 5.92 Å². The third-order valence-corrected chi connectivity index (χ3v) is 3.66. The van der Waals surface area contributed by atoms with Crippen molar-refractivity contribution in [3.8, 4) is 0 Å². The maximum absolute atomic E-state index is 12.2. The lowest BCUT2D eigenvalue weighted by Crippen LogP contribution is -2.33. The normalized spacial score (nSPS) is 18.4. The van der Waals surface area contributed by atoms with E-state index in [9.17, 15) is 4.79 Å². The van der Waals surface area contributed by atoms with E-state index >= 15 is 0 Å². The Morgan fingerprint density at radius 3 is 2.47 bits per heavy atom. The molecule has 2 rings (SSSR count). The highest BCUT2D eigenvalue weighted by atomic mass is 16.2. The second-order valence-electron chi connectivity index (χ2n) is 5.44. The van der Waals surface area contributed by atoms with Crippen LogP contribution >= 0.6 is 0 Å². The molecule has 0 bridgehead atoms. The van der Waals surface area contributed by atoms with Crippen molar-refractivity contribution in [3.63, 3.8) is 0 Å². The minimum absolute atomic E-state index is 0.158. The zero-order valence-corrected chi connectivity index (χ0v) is 12.0. The van der Waals surface area contributed by atoms with Crippen molar-refractivity contribution < 1.29 is 4.79 Å². The summed E-state index contributed by atoms with van der Waals surface area (Å²) < 4.78 is 0. The van der Waals surface area contributed by atoms with Crippen molar-refractivity contribution in [3.05, 3.63) is 29.8 Å². The largest absolute Gasteiger partial charge is 0.378 e. The zero-order valence-electron chi connectivity index (χ0n) is 12.0. The average molecular weight is 261 g/mol. The molecule has 1 aliphatic rings. The molecule has 1 fully saturated rings. The monoisotopic (exact) mass is 261 g/mol. The standard InChI is InChI=1S/C15H23N3O/c1-17(2)14-6-4-12(5-7-14)11-18(3)15(19)13-8-9-16-10-13/h4-7,13,16H,8-11H2,1-3H3. The fourth-order valence-corrected chi connectivity index (χ4v) is 2.43. The second-order valence-corrected chi connectivity index (χ2v) is 5.44. The van der Waals surface area contributed by atoms with Crippen molar-refractivity contribution in [2.75, 3.05) is 39.1 Å². The van der Waals surface area contributed by atoms with Gasteiger partial charge in [-0.05, 0) is 30.7 Å². The van der Waals surface area contributed by atoms with Crippen LogP contribution in [0.5, 0.6) is 0 Å². The quantitative estimate of drug-likeness (QED) is 0.888. The fraction of sp³-hybridized carbons (Fsp3) is 0.533. The maximum Gasteiger partial charge on any atom is 0.227 e. The highest BCUT2D eigenvalue weighted by Gasteiger charge is 2.25. The third-order valence-electron chi connectivity index (χ3n) is 3.66.